The van der Waals surface area contributed by atoms with Gasteiger partial charge in [0.05, 0.1) is 6.10 Å². The fraction of sp³-hybridized carbons (Fsp3) is 0.400. The molecule has 0 aromatic heterocycles. The van der Waals surface area contributed by atoms with Crippen molar-refractivity contribution in [2.75, 3.05) is 5.75 Å². The van der Waals surface area contributed by atoms with Gasteiger partial charge in [0.15, 0.2) is 0 Å². The molecule has 0 saturated heterocycles. The molecular weight excluding hydrogens is 204 g/mol. The number of hydrogen-bond acceptors (Lipinski definition) is 2. The fourth-order valence-electron chi connectivity index (χ4n) is 1.10. The van der Waals surface area contributed by atoms with Crippen molar-refractivity contribution in [3.63, 3.8) is 0 Å². The predicted molar refractivity (Wildman–Crippen MR) is 58.5 cm³/mol. The van der Waals surface area contributed by atoms with E-state index >= 15 is 0 Å². The third-order valence-corrected chi connectivity index (χ3v) is 2.94. The highest BCUT2D eigenvalue weighted by Gasteiger charge is 2.06. The Hall–Kier alpha value is -0.180. The van der Waals surface area contributed by atoms with Crippen LogP contribution in [0.5, 0.6) is 0 Å². The van der Waals surface area contributed by atoms with Crippen molar-refractivity contribution in [1.82, 2.24) is 0 Å². The van der Waals surface area contributed by atoms with Crippen molar-refractivity contribution in [2.45, 2.75) is 24.8 Å². The van der Waals surface area contributed by atoms with Gasteiger partial charge in [-0.2, -0.15) is 0 Å². The van der Waals surface area contributed by atoms with Crippen molar-refractivity contribution in [2.24, 2.45) is 0 Å². The van der Waals surface area contributed by atoms with Gasteiger partial charge in [-0.3, -0.25) is 0 Å². The molecule has 1 aromatic rings. The van der Waals surface area contributed by atoms with E-state index in [1.165, 1.54) is 0 Å². The highest BCUT2D eigenvalue weighted by atomic mass is 35.5. The van der Waals surface area contributed by atoms with Crippen LogP contribution in [0.15, 0.2) is 23.1 Å². The summed E-state index contributed by atoms with van der Waals surface area (Å²) >= 11 is 7.73. The second-order valence-corrected chi connectivity index (χ2v) is 4.54. The van der Waals surface area contributed by atoms with Gasteiger partial charge in [-0.15, -0.1) is 11.8 Å². The number of thioether (sulfide) groups is 1. The molecule has 1 rings (SSSR count). The van der Waals surface area contributed by atoms with E-state index in [9.17, 15) is 5.11 Å². The van der Waals surface area contributed by atoms with E-state index in [1.54, 1.807) is 18.7 Å². The fourth-order valence-corrected chi connectivity index (χ4v) is 2.21. The van der Waals surface area contributed by atoms with Crippen LogP contribution in [-0.2, 0) is 0 Å². The van der Waals surface area contributed by atoms with Gasteiger partial charge in [0, 0.05) is 9.92 Å². The minimum Gasteiger partial charge on any atom is -0.389 e. The molecule has 0 saturated carbocycles. The SMILES string of the molecule is CCSc1ccc([C@@H](C)O)c(Cl)c1. The lowest BCUT2D eigenvalue weighted by Crippen LogP contribution is -1.91. The maximum atomic E-state index is 9.33. The lowest BCUT2D eigenvalue weighted by atomic mass is 10.1. The largest absolute Gasteiger partial charge is 0.389 e. The number of benzene rings is 1. The third-order valence-electron chi connectivity index (χ3n) is 1.73. The molecule has 1 aromatic carbocycles. The van der Waals surface area contributed by atoms with Crippen LogP contribution in [-0.4, -0.2) is 10.9 Å². The van der Waals surface area contributed by atoms with Gasteiger partial charge in [-0.05, 0) is 30.4 Å². The molecule has 1 N–H and O–H groups in total. The average molecular weight is 217 g/mol. The molecule has 0 aliphatic rings. The Morgan fingerprint density at radius 2 is 2.23 bits per heavy atom. The van der Waals surface area contributed by atoms with Crippen LogP contribution in [0.25, 0.3) is 0 Å². The van der Waals surface area contributed by atoms with E-state index in [0.29, 0.717) is 5.02 Å². The van der Waals surface area contributed by atoms with E-state index < -0.39 is 6.10 Å². The first-order chi connectivity index (χ1) is 6.15. The molecular formula is C10H13ClOS. The van der Waals surface area contributed by atoms with Gasteiger partial charge < -0.3 is 5.11 Å². The summed E-state index contributed by atoms with van der Waals surface area (Å²) in [6, 6.07) is 5.77. The zero-order valence-electron chi connectivity index (χ0n) is 7.75. The van der Waals surface area contributed by atoms with E-state index in [2.05, 4.69) is 6.92 Å². The molecule has 0 heterocycles. The summed E-state index contributed by atoms with van der Waals surface area (Å²) < 4.78 is 0. The summed E-state index contributed by atoms with van der Waals surface area (Å²) in [4.78, 5) is 1.15. The van der Waals surface area contributed by atoms with E-state index in [-0.39, 0.29) is 0 Å². The first-order valence-corrected chi connectivity index (χ1v) is 5.61. The third kappa shape index (κ3) is 2.90. The van der Waals surface area contributed by atoms with Crippen molar-refractivity contribution in [3.8, 4) is 0 Å². The second-order valence-electron chi connectivity index (χ2n) is 2.79. The van der Waals surface area contributed by atoms with Crippen molar-refractivity contribution >= 4 is 23.4 Å². The summed E-state index contributed by atoms with van der Waals surface area (Å²) in [6.07, 6.45) is -0.492. The Morgan fingerprint density at radius 3 is 2.69 bits per heavy atom. The van der Waals surface area contributed by atoms with Gasteiger partial charge >= 0.3 is 0 Å². The Kier molecular flexibility index (Phi) is 4.10. The van der Waals surface area contributed by atoms with Crippen molar-refractivity contribution in [3.05, 3.63) is 28.8 Å². The standard InChI is InChI=1S/C10H13ClOS/c1-3-13-8-4-5-9(7(2)12)10(11)6-8/h4-7,12H,3H2,1-2H3/t7-/m1/s1. The number of halogens is 1. The zero-order valence-corrected chi connectivity index (χ0v) is 9.32. The molecule has 0 bridgehead atoms. The molecule has 0 radical (unpaired) electrons. The van der Waals surface area contributed by atoms with Crippen LogP contribution in [0.4, 0.5) is 0 Å². The van der Waals surface area contributed by atoms with Crippen LogP contribution < -0.4 is 0 Å². The Morgan fingerprint density at radius 1 is 1.54 bits per heavy atom. The van der Waals surface area contributed by atoms with Crippen LogP contribution in [0.2, 0.25) is 5.02 Å². The summed E-state index contributed by atoms with van der Waals surface area (Å²) in [5, 5.41) is 9.98. The number of rotatable bonds is 3. The van der Waals surface area contributed by atoms with Crippen LogP contribution in [0.1, 0.15) is 25.5 Å². The quantitative estimate of drug-likeness (QED) is 0.781. The zero-order chi connectivity index (χ0) is 9.84. The molecule has 72 valence electrons. The van der Waals surface area contributed by atoms with E-state index in [0.717, 1.165) is 16.2 Å². The lowest BCUT2D eigenvalue weighted by molar-refractivity contribution is 0.199. The summed E-state index contributed by atoms with van der Waals surface area (Å²) in [7, 11) is 0. The van der Waals surface area contributed by atoms with Crippen molar-refractivity contribution < 1.29 is 5.11 Å². The number of aliphatic hydroxyl groups excluding tert-OH is 1. The second kappa shape index (κ2) is 4.89. The molecule has 0 fully saturated rings. The number of hydrogen-bond donors (Lipinski definition) is 1. The summed E-state index contributed by atoms with van der Waals surface area (Å²) in [5.41, 5.74) is 0.794. The highest BCUT2D eigenvalue weighted by Crippen LogP contribution is 2.28. The van der Waals surface area contributed by atoms with Gasteiger partial charge in [0.2, 0.25) is 0 Å². The van der Waals surface area contributed by atoms with E-state index in [1.807, 2.05) is 18.2 Å². The Bertz CT molecular complexity index is 286. The maximum absolute atomic E-state index is 9.33. The average Bonchev–Trinajstić information content (AvgIpc) is 2.04. The van der Waals surface area contributed by atoms with Crippen molar-refractivity contribution in [1.29, 1.82) is 0 Å². The molecule has 0 aliphatic carbocycles. The topological polar surface area (TPSA) is 20.2 Å². The summed E-state index contributed by atoms with van der Waals surface area (Å²) in [5.74, 6) is 1.03. The van der Waals surface area contributed by atoms with E-state index in [4.69, 9.17) is 11.6 Å². The molecule has 1 nitrogen and oxygen atoms in total. The van der Waals surface area contributed by atoms with Crippen LogP contribution in [0, 0.1) is 0 Å². The minimum atomic E-state index is -0.492. The normalized spacial score (nSPS) is 12.9. The molecule has 0 amide bonds. The number of aliphatic hydroxyl groups is 1. The molecule has 13 heavy (non-hydrogen) atoms. The van der Waals surface area contributed by atoms with Crippen LogP contribution >= 0.6 is 23.4 Å². The first-order valence-electron chi connectivity index (χ1n) is 4.25. The molecule has 3 heteroatoms. The predicted octanol–water partition coefficient (Wildman–Crippen LogP) is 3.51. The van der Waals surface area contributed by atoms with Gasteiger partial charge in [-0.25, -0.2) is 0 Å². The highest BCUT2D eigenvalue weighted by molar-refractivity contribution is 7.99. The summed E-state index contributed by atoms with van der Waals surface area (Å²) in [6.45, 7) is 3.81. The first kappa shape index (κ1) is 10.9. The lowest BCUT2D eigenvalue weighted by Gasteiger charge is -2.08. The Balaban J connectivity index is 2.92. The monoisotopic (exact) mass is 216 g/mol. The van der Waals surface area contributed by atoms with Crippen LogP contribution in [0.3, 0.4) is 0 Å². The molecule has 0 unspecified atom stereocenters. The molecule has 0 spiro atoms. The van der Waals surface area contributed by atoms with Gasteiger partial charge in [-0.1, -0.05) is 24.6 Å². The molecule has 0 aliphatic heterocycles. The Labute approximate surface area is 88.1 Å². The van der Waals surface area contributed by atoms with Gasteiger partial charge in [0.25, 0.3) is 0 Å². The minimum absolute atomic E-state index is 0.492. The molecule has 1 atom stereocenters. The smallest absolute Gasteiger partial charge is 0.0776 e. The van der Waals surface area contributed by atoms with Gasteiger partial charge in [0.1, 0.15) is 0 Å². The maximum Gasteiger partial charge on any atom is 0.0776 e.